The number of hydrogen-bond acceptors (Lipinski definition) is 8. The van der Waals surface area contributed by atoms with Crippen LogP contribution in [0.2, 0.25) is 0 Å². The fourth-order valence-corrected chi connectivity index (χ4v) is 4.76. The molecule has 212 valence electrons. The maximum absolute atomic E-state index is 14.1. The molecular formula is C28H42FN3O6. The third-order valence-corrected chi connectivity index (χ3v) is 7.25. The molecule has 5 atom stereocenters. The number of aliphatic hydroxyl groups is 3. The molecular weight excluding hydrogens is 493 g/mol. The first kappa shape index (κ1) is 30.0. The van der Waals surface area contributed by atoms with Crippen LogP contribution in [0.25, 0.3) is 0 Å². The van der Waals surface area contributed by atoms with Gasteiger partial charge in [-0.3, -0.25) is 10.2 Å². The largest absolute Gasteiger partial charge is 0.445 e. The summed E-state index contributed by atoms with van der Waals surface area (Å²) in [4.78, 5) is 14.4. The van der Waals surface area contributed by atoms with Gasteiger partial charge in [0.15, 0.2) is 6.17 Å². The number of halogens is 1. The van der Waals surface area contributed by atoms with Crippen LogP contribution in [0, 0.1) is 11.3 Å². The van der Waals surface area contributed by atoms with Crippen molar-refractivity contribution in [1.82, 2.24) is 4.90 Å². The maximum atomic E-state index is 14.1. The van der Waals surface area contributed by atoms with Crippen molar-refractivity contribution in [2.75, 3.05) is 19.7 Å². The highest BCUT2D eigenvalue weighted by Gasteiger charge is 2.46. The van der Waals surface area contributed by atoms with Crippen LogP contribution in [-0.2, 0) is 27.1 Å². The highest BCUT2D eigenvalue weighted by atomic mass is 19.1. The summed E-state index contributed by atoms with van der Waals surface area (Å²) in [5, 5.41) is 38.0. The molecule has 1 aromatic carbocycles. The van der Waals surface area contributed by atoms with Gasteiger partial charge in [-0.05, 0) is 49.1 Å². The van der Waals surface area contributed by atoms with Crippen LogP contribution in [-0.4, -0.2) is 82.5 Å². The number of benzene rings is 1. The first-order valence-corrected chi connectivity index (χ1v) is 13.5. The summed E-state index contributed by atoms with van der Waals surface area (Å²) >= 11 is 0. The molecule has 2 aliphatic rings. The highest BCUT2D eigenvalue weighted by Crippen LogP contribution is 2.26. The lowest BCUT2D eigenvalue weighted by Crippen LogP contribution is -2.58. The average Bonchev–Trinajstić information content (AvgIpc) is 2.92. The van der Waals surface area contributed by atoms with Gasteiger partial charge < -0.3 is 35.4 Å². The molecule has 0 radical (unpaired) electrons. The Kier molecular flexibility index (Phi) is 11.1. The number of hydrogen-bond donors (Lipinski definition) is 5. The predicted molar refractivity (Wildman–Crippen MR) is 141 cm³/mol. The van der Waals surface area contributed by atoms with Crippen LogP contribution in [0.1, 0.15) is 57.1 Å². The number of allylic oxidation sites excluding steroid dienone is 1. The molecule has 38 heavy (non-hydrogen) atoms. The minimum atomic E-state index is -1.99. The zero-order valence-electron chi connectivity index (χ0n) is 22.3. The molecule has 2 fully saturated rings. The lowest BCUT2D eigenvalue weighted by molar-refractivity contribution is -0.269. The quantitative estimate of drug-likeness (QED) is 0.228. The van der Waals surface area contributed by atoms with E-state index in [9.17, 15) is 24.5 Å². The monoisotopic (exact) mass is 535 g/mol. The Bertz CT molecular complexity index is 962. The molecule has 0 spiro atoms. The van der Waals surface area contributed by atoms with Crippen molar-refractivity contribution in [3.63, 3.8) is 0 Å². The van der Waals surface area contributed by atoms with Gasteiger partial charge in [-0.25, -0.2) is 4.39 Å². The highest BCUT2D eigenvalue weighted by molar-refractivity contribution is 5.92. The van der Waals surface area contributed by atoms with Gasteiger partial charge in [0.1, 0.15) is 18.3 Å². The van der Waals surface area contributed by atoms with E-state index in [0.717, 1.165) is 49.9 Å². The summed E-state index contributed by atoms with van der Waals surface area (Å²) in [6.45, 7) is 4.77. The molecule has 0 saturated carbocycles. The molecule has 2 saturated heterocycles. The fraction of sp³-hybridized carbons (Fsp3) is 0.643. The van der Waals surface area contributed by atoms with E-state index in [4.69, 9.17) is 20.6 Å². The molecule has 2 aliphatic heterocycles. The maximum Gasteiger partial charge on any atom is 0.231 e. The van der Waals surface area contributed by atoms with Gasteiger partial charge in [-0.2, -0.15) is 0 Å². The van der Waals surface area contributed by atoms with Gasteiger partial charge >= 0.3 is 0 Å². The van der Waals surface area contributed by atoms with Crippen molar-refractivity contribution in [2.24, 2.45) is 11.7 Å². The van der Waals surface area contributed by atoms with E-state index in [0.29, 0.717) is 17.7 Å². The molecule has 0 aromatic heterocycles. The van der Waals surface area contributed by atoms with Crippen LogP contribution in [0.15, 0.2) is 35.5 Å². The summed E-state index contributed by atoms with van der Waals surface area (Å²) in [5.41, 5.74) is 9.10. The molecule has 0 bridgehead atoms. The number of likely N-dealkylation sites (tertiary alicyclic amines) is 1. The number of nitrogens with one attached hydrogen (secondary N) is 1. The van der Waals surface area contributed by atoms with Gasteiger partial charge in [0.2, 0.25) is 18.1 Å². The third-order valence-electron chi connectivity index (χ3n) is 7.25. The molecule has 1 aromatic rings. The van der Waals surface area contributed by atoms with Crippen LogP contribution in [0.4, 0.5) is 4.39 Å². The van der Waals surface area contributed by atoms with Crippen molar-refractivity contribution >= 4 is 11.8 Å². The number of aliphatic hydroxyl groups excluding tert-OH is 3. The summed E-state index contributed by atoms with van der Waals surface area (Å²) in [7, 11) is 0. The van der Waals surface area contributed by atoms with Crippen LogP contribution < -0.4 is 5.73 Å². The second-order valence-corrected chi connectivity index (χ2v) is 10.5. The van der Waals surface area contributed by atoms with Gasteiger partial charge in [-0.1, -0.05) is 38.1 Å². The lowest BCUT2D eigenvalue weighted by Gasteiger charge is -2.38. The topological polar surface area (TPSA) is 149 Å². The Labute approximate surface area is 223 Å². The summed E-state index contributed by atoms with van der Waals surface area (Å²) in [5.74, 6) is -0.235. The number of alkyl halides is 1. The molecule has 9 nitrogen and oxygen atoms in total. The van der Waals surface area contributed by atoms with Crippen molar-refractivity contribution in [3.05, 3.63) is 46.7 Å². The summed E-state index contributed by atoms with van der Waals surface area (Å²) in [6, 6.07) is 7.86. The first-order valence-electron chi connectivity index (χ1n) is 13.5. The van der Waals surface area contributed by atoms with Gasteiger partial charge in [0.25, 0.3) is 0 Å². The zero-order valence-corrected chi connectivity index (χ0v) is 22.3. The van der Waals surface area contributed by atoms with Crippen LogP contribution in [0.3, 0.4) is 0 Å². The number of piperidine rings is 1. The number of rotatable bonds is 10. The average molecular weight is 536 g/mol. The van der Waals surface area contributed by atoms with E-state index < -0.39 is 37.4 Å². The SMILES string of the molecule is CC(C)/C(N)=C(\Cc1ccc(CCCC(=O)N2CCCCC2)cc1)C(=N)OC1OC(CO)C(F)C(O)C1O. The Hall–Kier alpha value is -2.53. The van der Waals surface area contributed by atoms with E-state index in [1.165, 1.54) is 6.42 Å². The predicted octanol–water partition coefficient (Wildman–Crippen LogP) is 2.20. The molecule has 2 heterocycles. The first-order chi connectivity index (χ1) is 18.1. The van der Waals surface area contributed by atoms with Crippen molar-refractivity contribution in [2.45, 2.75) is 89.6 Å². The van der Waals surface area contributed by atoms with Crippen molar-refractivity contribution in [1.29, 1.82) is 5.41 Å². The minimum Gasteiger partial charge on any atom is -0.445 e. The molecule has 5 unspecified atom stereocenters. The van der Waals surface area contributed by atoms with E-state index in [1.807, 2.05) is 43.0 Å². The number of carbonyl (C=O) groups excluding carboxylic acids is 1. The zero-order chi connectivity index (χ0) is 27.8. The number of carbonyl (C=O) groups is 1. The number of amides is 1. The number of nitrogens with two attached hydrogens (primary N) is 1. The second-order valence-electron chi connectivity index (χ2n) is 10.5. The summed E-state index contributed by atoms with van der Waals surface area (Å²) < 4.78 is 24.8. The Balaban J connectivity index is 1.61. The normalized spacial score (nSPS) is 26.7. The minimum absolute atomic E-state index is 0.103. The van der Waals surface area contributed by atoms with Crippen LogP contribution in [0.5, 0.6) is 0 Å². The summed E-state index contributed by atoms with van der Waals surface area (Å²) in [6.07, 6.45) is -2.71. The fourth-order valence-electron chi connectivity index (χ4n) is 4.76. The molecule has 3 rings (SSSR count). The van der Waals surface area contributed by atoms with Crippen LogP contribution >= 0.6 is 0 Å². The Morgan fingerprint density at radius 3 is 2.39 bits per heavy atom. The van der Waals surface area contributed by atoms with E-state index >= 15 is 0 Å². The second kappa shape index (κ2) is 14.0. The van der Waals surface area contributed by atoms with E-state index in [2.05, 4.69) is 0 Å². The van der Waals surface area contributed by atoms with E-state index in [-0.39, 0.29) is 24.1 Å². The number of ether oxygens (including phenoxy) is 2. The standard InChI is InChI=1S/C28H42FN3O6/c1-17(2)24(30)20(27(31)38-28-26(36)25(35)23(29)21(16-33)37-28)15-19-11-9-18(10-12-19)7-6-8-22(34)32-13-4-3-5-14-32/h9-12,17,21,23,25-26,28,31,33,35-36H,3-8,13-16,30H2,1-2H3/b24-20-,31-27?. The van der Waals surface area contributed by atoms with Gasteiger partial charge in [0, 0.05) is 37.2 Å². The Morgan fingerprint density at radius 2 is 1.79 bits per heavy atom. The lowest BCUT2D eigenvalue weighted by atomic mass is 9.96. The van der Waals surface area contributed by atoms with Crippen molar-refractivity contribution in [3.8, 4) is 0 Å². The number of nitrogens with zero attached hydrogens (tertiary/aromatic N) is 1. The molecule has 10 heteroatoms. The third kappa shape index (κ3) is 7.75. The molecule has 6 N–H and O–H groups in total. The Morgan fingerprint density at radius 1 is 1.16 bits per heavy atom. The van der Waals surface area contributed by atoms with Gasteiger partial charge in [-0.15, -0.1) is 0 Å². The molecule has 1 amide bonds. The van der Waals surface area contributed by atoms with Crippen molar-refractivity contribution < 1.29 is 34.0 Å². The van der Waals surface area contributed by atoms with Gasteiger partial charge in [0.05, 0.1) is 6.61 Å². The molecule has 0 aliphatic carbocycles. The van der Waals surface area contributed by atoms with E-state index in [1.54, 1.807) is 0 Å². The number of aryl methyl sites for hydroxylation is 1. The smallest absolute Gasteiger partial charge is 0.231 e.